The van der Waals surface area contributed by atoms with Crippen LogP contribution in [0.1, 0.15) is 150 Å². The lowest BCUT2D eigenvalue weighted by Crippen LogP contribution is -2.64. The van der Waals surface area contributed by atoms with Gasteiger partial charge in [0.15, 0.2) is 25.4 Å². The Morgan fingerprint density at radius 1 is 0.385 bits per heavy atom. The van der Waals surface area contributed by atoms with Gasteiger partial charge in [0.1, 0.15) is 78.7 Å². The Morgan fingerprint density at radius 3 is 0.962 bits per heavy atom. The van der Waals surface area contributed by atoms with Crippen molar-refractivity contribution in [3.63, 3.8) is 0 Å². The zero-order chi connectivity index (χ0) is 77.4. The van der Waals surface area contributed by atoms with E-state index in [2.05, 4.69) is 16.0 Å². The van der Waals surface area contributed by atoms with Crippen LogP contribution in [0, 0.1) is 0 Å². The highest BCUT2D eigenvalue weighted by Gasteiger charge is 2.48. The normalized spacial score (nSPS) is 28.2. The van der Waals surface area contributed by atoms with Gasteiger partial charge in [-0.2, -0.15) is 0 Å². The molecule has 0 bridgehead atoms. The largest absolute Gasteiger partial charge is 0.394 e. The molecule has 614 valence electrons. The van der Waals surface area contributed by atoms with Crippen molar-refractivity contribution in [2.24, 2.45) is 0 Å². The van der Waals surface area contributed by atoms with Crippen molar-refractivity contribution < 1.29 is 154 Å². The first-order valence-corrected chi connectivity index (χ1v) is 45.9. The van der Waals surface area contributed by atoms with Gasteiger partial charge in [0.25, 0.3) is 0 Å². The van der Waals surface area contributed by atoms with Crippen molar-refractivity contribution in [3.05, 3.63) is 0 Å². The van der Waals surface area contributed by atoms with E-state index in [1.807, 2.05) is 13.8 Å². The fraction of sp³-hybridized carbons (Fsp3) is 0.951. The van der Waals surface area contributed by atoms with Crippen LogP contribution in [0.25, 0.3) is 0 Å². The number of amides is 3. The Hall–Kier alpha value is -0.150. The Labute approximate surface area is 630 Å². The van der Waals surface area contributed by atoms with Gasteiger partial charge in [-0.05, 0) is 124 Å². The topological polar surface area (TPSA) is 498 Å². The van der Waals surface area contributed by atoms with Crippen LogP contribution >= 0.6 is 26.6 Å². The van der Waals surface area contributed by atoms with E-state index in [1.165, 1.54) is 20.8 Å². The van der Waals surface area contributed by atoms with E-state index in [4.69, 9.17) is 122 Å². The van der Waals surface area contributed by atoms with Gasteiger partial charge in [0.05, 0.1) is 79.3 Å². The molecule has 35 nitrogen and oxygen atoms in total. The molecule has 0 saturated carbocycles. The van der Waals surface area contributed by atoms with Crippen molar-refractivity contribution in [2.45, 2.75) is 253 Å². The van der Waals surface area contributed by atoms with E-state index in [0.717, 1.165) is 32.1 Å². The minimum atomic E-state index is -3.70. The van der Waals surface area contributed by atoms with E-state index in [0.29, 0.717) is 83.8 Å². The smallest absolute Gasteiger partial charge is 0.324 e. The number of aliphatic hydroxyl groups is 9. The average molecular weight is 1660 g/mol. The summed E-state index contributed by atoms with van der Waals surface area (Å²) in [5, 5.41) is 98.9. The molecule has 0 aromatic rings. The van der Waals surface area contributed by atoms with Crippen LogP contribution in [-0.4, -0.2) is 305 Å². The van der Waals surface area contributed by atoms with Crippen LogP contribution < -0.4 is 16.0 Å². The molecule has 0 aromatic carbocycles. The third kappa shape index (κ3) is 39.5. The summed E-state index contributed by atoms with van der Waals surface area (Å²) in [5.41, 5.74) is -1.15. The molecule has 3 aliphatic heterocycles. The predicted octanol–water partition coefficient (Wildman–Crippen LogP) is 1.15. The Kier molecular flexibility index (Phi) is 50.0. The fourth-order valence-corrected chi connectivity index (χ4v) is 15.3. The molecule has 0 aliphatic carbocycles. The summed E-state index contributed by atoms with van der Waals surface area (Å²) in [6, 6.07) is -3.30. The highest BCUT2D eigenvalue weighted by atomic mass is 32.5. The number of aliphatic hydroxyl groups excluding tert-OH is 9. The van der Waals surface area contributed by atoms with Crippen molar-refractivity contribution in [2.75, 3.05) is 119 Å². The highest BCUT2D eigenvalue weighted by molar-refractivity contribution is 8.09. The van der Waals surface area contributed by atoms with E-state index >= 15 is 0 Å². The second kappa shape index (κ2) is 53.0. The van der Waals surface area contributed by atoms with Crippen LogP contribution in [0.4, 0.5) is 0 Å². The second-order valence-corrected chi connectivity index (χ2v) is 38.2. The van der Waals surface area contributed by atoms with Crippen molar-refractivity contribution in [3.8, 4) is 0 Å². The van der Waals surface area contributed by atoms with Crippen LogP contribution in [0.3, 0.4) is 0 Å². The molecular formula is C61H119N3O32P4S4. The van der Waals surface area contributed by atoms with Crippen LogP contribution in [0.5, 0.6) is 0 Å². The SMILES string of the molecule is CC(=O)NC1[C@H](OCCCCOP(O)(=S)OCCCCCC(COCCCOP(O)(=S)OCCCCO[C@@H]2OC(CO)[C@H](O)[C@H](O)C2NC(C)=O)(COCCCOP(O)(=S)OCCCCO[C@@H]2OC(CO)[C@H](O)[C@H](O)C2NC(C)=O)OCCCCCCCCOP(O)(=S)C(C)C)OC(CO)[C@H](O)[C@@H]1O. The standard InChI is InChI=1S/C61H119N3O32P4S4/c1-42(2)97(77,101)87-30-13-9-7-6-8-12-29-86-61(23-11-10-14-31-88-98(78,102)89-32-18-15-26-83-58-49(62-43(3)68)55(74)52(71)46(37-65)94-58,40-81-24-21-35-92-99(79,103)90-33-19-16-27-84-59-50(63-44(4)69)56(75)53(72)47(38-66)95-59)41-82-25-22-36-93-100(80,104)91-34-20-17-28-85-60-51(64-45(5)70)57(76)54(73)48(39-67)96-60/h42,46-60,65-67,71-76H,6-41H2,1-5H3,(H,62,68)(H,63,69)(H,64,70)(H,77,101)(H,78,102)(H,79,103)(H,80,104)/t46?,47?,48?,49?,50?,51?,52-,53-,54-,55+,56+,57+,58+,59+,60+,61?,97?,98?,99?,100?/m0/s1. The van der Waals surface area contributed by atoms with Gasteiger partial charge in [-0.3, -0.25) is 14.4 Å². The maximum atomic E-state index is 11.8. The lowest BCUT2D eigenvalue weighted by Gasteiger charge is -2.42. The molecule has 16 N–H and O–H groups in total. The summed E-state index contributed by atoms with van der Waals surface area (Å²) in [6.45, 7) is -6.98. The Bertz CT molecular complexity index is 2350. The molecule has 3 rings (SSSR count). The zero-order valence-corrected chi connectivity index (χ0v) is 67.0. The molecule has 43 heteroatoms. The van der Waals surface area contributed by atoms with Gasteiger partial charge < -0.3 is 156 Å². The number of ether oxygens (including phenoxy) is 9. The molecule has 0 aromatic heterocycles. The van der Waals surface area contributed by atoms with Crippen molar-refractivity contribution in [1.82, 2.24) is 16.0 Å². The molecule has 0 spiro atoms. The van der Waals surface area contributed by atoms with E-state index in [1.54, 1.807) is 0 Å². The molecule has 3 heterocycles. The van der Waals surface area contributed by atoms with Crippen LogP contribution in [0.2, 0.25) is 0 Å². The van der Waals surface area contributed by atoms with Gasteiger partial charge >= 0.3 is 20.2 Å². The van der Waals surface area contributed by atoms with E-state index < -0.39 is 162 Å². The molecular weight excluding hydrogens is 1540 g/mol. The van der Waals surface area contributed by atoms with Gasteiger partial charge in [-0.1, -0.05) is 52.4 Å². The summed E-state index contributed by atoms with van der Waals surface area (Å²) >= 11 is 21.1. The van der Waals surface area contributed by atoms with Crippen molar-refractivity contribution in [1.29, 1.82) is 0 Å². The van der Waals surface area contributed by atoms with E-state index in [9.17, 15) is 79.9 Å². The number of rotatable bonds is 60. The Balaban J connectivity index is 1.61. The second-order valence-electron chi connectivity index (χ2n) is 25.7. The first-order valence-electron chi connectivity index (χ1n) is 35.4. The van der Waals surface area contributed by atoms with Crippen molar-refractivity contribution >= 4 is 91.6 Å². The first-order chi connectivity index (χ1) is 49.2. The van der Waals surface area contributed by atoms with Crippen LogP contribution in [-0.2, 0) is 136 Å². The third-order valence-electron chi connectivity index (χ3n) is 16.5. The fourth-order valence-electron chi connectivity index (χ4n) is 10.7. The maximum Gasteiger partial charge on any atom is 0.324 e. The van der Waals surface area contributed by atoms with E-state index in [-0.39, 0.29) is 104 Å². The number of carbonyl (C=O) groups excluding carboxylic acids is 3. The predicted molar refractivity (Wildman–Crippen MR) is 390 cm³/mol. The number of carbonyl (C=O) groups is 3. The minimum Gasteiger partial charge on any atom is -0.394 e. The number of hydrogen-bond acceptors (Lipinski definition) is 32. The quantitative estimate of drug-likeness (QED) is 0.0300. The van der Waals surface area contributed by atoms with Crippen LogP contribution in [0.15, 0.2) is 0 Å². The molecule has 104 heavy (non-hydrogen) atoms. The molecule has 3 fully saturated rings. The van der Waals surface area contributed by atoms with Gasteiger partial charge in [0.2, 0.25) is 17.7 Å². The molecule has 19 atom stereocenters. The number of nitrogens with one attached hydrogen (secondary N) is 3. The lowest BCUT2D eigenvalue weighted by atomic mass is 9.97. The van der Waals surface area contributed by atoms with Gasteiger partial charge in [-0.25, -0.2) is 0 Å². The summed E-state index contributed by atoms with van der Waals surface area (Å²) in [5.74, 6) is -1.48. The summed E-state index contributed by atoms with van der Waals surface area (Å²) in [6.07, 6.45) is -5.87. The summed E-state index contributed by atoms with van der Waals surface area (Å²) < 4.78 is 92.5. The average Bonchev–Trinajstić information content (AvgIpc) is 0.816. The molecule has 10 unspecified atom stereocenters. The van der Waals surface area contributed by atoms with Gasteiger partial charge in [-0.15, -0.1) is 0 Å². The molecule has 3 amide bonds. The Morgan fingerprint density at radius 2 is 0.654 bits per heavy atom. The third-order valence-corrected chi connectivity index (χ3v) is 24.9. The minimum absolute atomic E-state index is 0.000927. The monoisotopic (exact) mass is 1660 g/mol. The zero-order valence-electron chi connectivity index (χ0n) is 60.2. The lowest BCUT2D eigenvalue weighted by molar-refractivity contribution is -0.270. The summed E-state index contributed by atoms with van der Waals surface area (Å²) in [4.78, 5) is 78.3. The highest BCUT2D eigenvalue weighted by Crippen LogP contribution is 2.48. The first kappa shape index (κ1) is 98.0. The number of hydrogen-bond donors (Lipinski definition) is 16. The molecule has 3 saturated heterocycles. The maximum absolute atomic E-state index is 11.8. The summed E-state index contributed by atoms with van der Waals surface area (Å²) in [7, 11) is 0. The molecule has 0 radical (unpaired) electrons. The molecule has 3 aliphatic rings. The van der Waals surface area contributed by atoms with Gasteiger partial charge in [0, 0.05) is 66.1 Å². The number of unbranched alkanes of at least 4 members (excludes halogenated alkanes) is 10.